The standard InChI is InChI=1S/C9H8O4.C9H10O2.C4H10O/c1-6(10)13-8-5-3-2-4-7(8)9(11)12;1-11-9(10)7-8-5-3-2-4-6-8;1-3-5-4-2/h2-5H,1H3,(H,11,12);2-6H,7H2,1H3;3-4H2,1-2H3. The van der Waals surface area contributed by atoms with Gasteiger partial charge < -0.3 is 19.3 Å². The Hall–Kier alpha value is -3.19. The number of esters is 2. The first-order valence-electron chi connectivity index (χ1n) is 9.04. The summed E-state index contributed by atoms with van der Waals surface area (Å²) in [6.45, 7) is 6.89. The van der Waals surface area contributed by atoms with Crippen molar-refractivity contribution in [2.24, 2.45) is 0 Å². The molecule has 2 aromatic carbocycles. The fraction of sp³-hybridized carbons (Fsp3) is 0.318. The average Bonchev–Trinajstić information content (AvgIpc) is 2.70. The summed E-state index contributed by atoms with van der Waals surface area (Å²) in [5.74, 6) is -1.77. The molecule has 0 aliphatic rings. The summed E-state index contributed by atoms with van der Waals surface area (Å²) < 4.78 is 14.0. The van der Waals surface area contributed by atoms with E-state index in [1.165, 1.54) is 26.2 Å². The third-order valence-corrected chi connectivity index (χ3v) is 3.20. The van der Waals surface area contributed by atoms with Crippen LogP contribution in [-0.2, 0) is 25.5 Å². The van der Waals surface area contributed by atoms with Crippen molar-refractivity contribution >= 4 is 17.9 Å². The van der Waals surface area contributed by atoms with Crippen LogP contribution in [0.3, 0.4) is 0 Å². The van der Waals surface area contributed by atoms with E-state index in [9.17, 15) is 14.4 Å². The summed E-state index contributed by atoms with van der Waals surface area (Å²) in [7, 11) is 1.39. The minimum atomic E-state index is -1.11. The lowest BCUT2D eigenvalue weighted by Crippen LogP contribution is -2.06. The van der Waals surface area contributed by atoms with Gasteiger partial charge in [-0.15, -0.1) is 0 Å². The third-order valence-electron chi connectivity index (χ3n) is 3.20. The van der Waals surface area contributed by atoms with E-state index in [-0.39, 0.29) is 17.3 Å². The van der Waals surface area contributed by atoms with Crippen molar-refractivity contribution in [1.29, 1.82) is 0 Å². The van der Waals surface area contributed by atoms with Crippen molar-refractivity contribution in [3.8, 4) is 5.75 Å². The zero-order valence-electron chi connectivity index (χ0n) is 17.2. The zero-order valence-corrected chi connectivity index (χ0v) is 17.2. The molecule has 0 saturated carbocycles. The van der Waals surface area contributed by atoms with Crippen LogP contribution in [0.25, 0.3) is 0 Å². The molecule has 0 spiro atoms. The van der Waals surface area contributed by atoms with Crippen LogP contribution in [0, 0.1) is 0 Å². The molecule has 0 aliphatic heterocycles. The maximum absolute atomic E-state index is 10.8. The van der Waals surface area contributed by atoms with E-state index >= 15 is 0 Å². The molecular weight excluding hydrogens is 376 g/mol. The number of carboxylic acid groups (broad SMARTS) is 1. The Morgan fingerprint density at radius 2 is 1.45 bits per heavy atom. The lowest BCUT2D eigenvalue weighted by Gasteiger charge is -2.03. The fourth-order valence-corrected chi connectivity index (χ4v) is 1.93. The Morgan fingerprint density at radius 1 is 0.897 bits per heavy atom. The molecule has 0 fully saturated rings. The minimum Gasteiger partial charge on any atom is -0.478 e. The molecule has 7 heteroatoms. The lowest BCUT2D eigenvalue weighted by atomic mass is 10.2. The molecule has 0 amide bonds. The van der Waals surface area contributed by atoms with Gasteiger partial charge >= 0.3 is 17.9 Å². The Morgan fingerprint density at radius 3 is 1.90 bits per heavy atom. The molecule has 2 aromatic rings. The molecule has 0 bridgehead atoms. The molecule has 0 aromatic heterocycles. The number of aromatic carboxylic acids is 1. The van der Waals surface area contributed by atoms with Crippen molar-refractivity contribution in [3.05, 3.63) is 65.7 Å². The zero-order chi connectivity index (χ0) is 22.1. The van der Waals surface area contributed by atoms with Crippen molar-refractivity contribution in [2.45, 2.75) is 27.2 Å². The highest BCUT2D eigenvalue weighted by Crippen LogP contribution is 2.17. The van der Waals surface area contributed by atoms with Crippen LogP contribution in [0.1, 0.15) is 36.7 Å². The van der Waals surface area contributed by atoms with E-state index in [1.807, 2.05) is 44.2 Å². The van der Waals surface area contributed by atoms with Gasteiger partial charge in [-0.1, -0.05) is 42.5 Å². The monoisotopic (exact) mass is 404 g/mol. The van der Waals surface area contributed by atoms with Gasteiger partial charge in [-0.25, -0.2) is 4.79 Å². The molecule has 0 saturated heterocycles. The van der Waals surface area contributed by atoms with Gasteiger partial charge in [0, 0.05) is 20.1 Å². The van der Waals surface area contributed by atoms with E-state index < -0.39 is 11.9 Å². The number of rotatable bonds is 6. The van der Waals surface area contributed by atoms with E-state index in [1.54, 1.807) is 12.1 Å². The predicted octanol–water partition coefficient (Wildman–Crippen LogP) is 3.76. The topological polar surface area (TPSA) is 99.1 Å². The molecule has 158 valence electrons. The molecule has 0 atom stereocenters. The molecule has 1 N–H and O–H groups in total. The normalized spacial score (nSPS) is 9.10. The second-order valence-corrected chi connectivity index (χ2v) is 5.41. The number of para-hydroxylation sites is 1. The average molecular weight is 404 g/mol. The van der Waals surface area contributed by atoms with E-state index in [0.29, 0.717) is 6.42 Å². The summed E-state index contributed by atoms with van der Waals surface area (Å²) >= 11 is 0. The highest BCUT2D eigenvalue weighted by atomic mass is 16.5. The minimum absolute atomic E-state index is 0.0160. The fourth-order valence-electron chi connectivity index (χ4n) is 1.93. The molecule has 0 unspecified atom stereocenters. The summed E-state index contributed by atoms with van der Waals surface area (Å²) in [4.78, 5) is 31.9. The second-order valence-electron chi connectivity index (χ2n) is 5.41. The Bertz CT molecular complexity index is 740. The van der Waals surface area contributed by atoms with E-state index in [2.05, 4.69) is 9.47 Å². The van der Waals surface area contributed by atoms with Crippen LogP contribution in [0.15, 0.2) is 54.6 Å². The van der Waals surface area contributed by atoms with Gasteiger partial charge in [0.2, 0.25) is 0 Å². The quantitative estimate of drug-likeness (QED) is 0.578. The number of carbonyl (C=O) groups is 3. The summed E-state index contributed by atoms with van der Waals surface area (Å²) in [6, 6.07) is 15.5. The third kappa shape index (κ3) is 12.8. The molecule has 0 aliphatic carbocycles. The number of carbonyl (C=O) groups excluding carboxylic acids is 2. The number of benzene rings is 2. The van der Waals surface area contributed by atoms with Gasteiger partial charge in [0.1, 0.15) is 11.3 Å². The van der Waals surface area contributed by atoms with Gasteiger partial charge in [0.05, 0.1) is 13.5 Å². The van der Waals surface area contributed by atoms with Gasteiger partial charge in [-0.3, -0.25) is 9.59 Å². The number of methoxy groups -OCH3 is 1. The van der Waals surface area contributed by atoms with Crippen molar-refractivity contribution in [2.75, 3.05) is 20.3 Å². The summed E-state index contributed by atoms with van der Waals surface area (Å²) in [5, 5.41) is 8.69. The predicted molar refractivity (Wildman–Crippen MR) is 109 cm³/mol. The first kappa shape index (κ1) is 25.8. The van der Waals surface area contributed by atoms with Gasteiger partial charge in [-0.05, 0) is 31.5 Å². The molecule has 29 heavy (non-hydrogen) atoms. The van der Waals surface area contributed by atoms with Gasteiger partial charge in [-0.2, -0.15) is 0 Å². The smallest absolute Gasteiger partial charge is 0.339 e. The van der Waals surface area contributed by atoms with E-state index in [4.69, 9.17) is 9.84 Å². The number of carboxylic acids is 1. The maximum atomic E-state index is 10.8. The molecule has 0 radical (unpaired) electrons. The second kappa shape index (κ2) is 15.8. The molecule has 2 rings (SSSR count). The Balaban J connectivity index is 0.000000445. The Kier molecular flexibility index (Phi) is 14.1. The van der Waals surface area contributed by atoms with Crippen molar-refractivity contribution < 1.29 is 33.7 Å². The van der Waals surface area contributed by atoms with Gasteiger partial charge in [0.15, 0.2) is 0 Å². The largest absolute Gasteiger partial charge is 0.478 e. The highest BCUT2D eigenvalue weighted by Gasteiger charge is 2.11. The van der Waals surface area contributed by atoms with Crippen LogP contribution < -0.4 is 4.74 Å². The maximum Gasteiger partial charge on any atom is 0.339 e. The van der Waals surface area contributed by atoms with Crippen LogP contribution >= 0.6 is 0 Å². The molecule has 7 nitrogen and oxygen atoms in total. The van der Waals surface area contributed by atoms with Crippen LogP contribution in [0.4, 0.5) is 0 Å². The number of hydrogen-bond donors (Lipinski definition) is 1. The number of hydrogen-bond acceptors (Lipinski definition) is 6. The first-order chi connectivity index (χ1) is 13.8. The summed E-state index contributed by atoms with van der Waals surface area (Å²) in [6.07, 6.45) is 0.358. The highest BCUT2D eigenvalue weighted by molar-refractivity contribution is 5.91. The van der Waals surface area contributed by atoms with Crippen LogP contribution in [-0.4, -0.2) is 43.3 Å². The van der Waals surface area contributed by atoms with Crippen molar-refractivity contribution in [3.63, 3.8) is 0 Å². The number of ether oxygens (including phenoxy) is 3. The van der Waals surface area contributed by atoms with Crippen molar-refractivity contribution in [1.82, 2.24) is 0 Å². The molecular formula is C22H28O7. The van der Waals surface area contributed by atoms with Crippen LogP contribution in [0.5, 0.6) is 5.75 Å². The van der Waals surface area contributed by atoms with Crippen LogP contribution in [0.2, 0.25) is 0 Å². The Labute approximate surface area is 171 Å². The van der Waals surface area contributed by atoms with Gasteiger partial charge in [0.25, 0.3) is 0 Å². The van der Waals surface area contributed by atoms with E-state index in [0.717, 1.165) is 18.8 Å². The summed E-state index contributed by atoms with van der Waals surface area (Å²) in [5.41, 5.74) is 0.969. The molecule has 0 heterocycles. The first-order valence-corrected chi connectivity index (χ1v) is 9.04. The lowest BCUT2D eigenvalue weighted by molar-refractivity contribution is -0.139. The SMILES string of the molecule is CC(=O)Oc1ccccc1C(=O)O.CCOCC.COC(=O)Cc1ccccc1.